The van der Waals surface area contributed by atoms with Crippen molar-refractivity contribution in [3.8, 4) is 5.75 Å². The van der Waals surface area contributed by atoms with Crippen molar-refractivity contribution in [2.75, 3.05) is 18.6 Å². The predicted molar refractivity (Wildman–Crippen MR) is 60.4 cm³/mol. The Balaban J connectivity index is 1.99. The van der Waals surface area contributed by atoms with Gasteiger partial charge in [-0.25, -0.2) is 0 Å². The topological polar surface area (TPSA) is 38.5 Å². The Morgan fingerprint density at radius 3 is 3.13 bits per heavy atom. The van der Waals surface area contributed by atoms with Crippen LogP contribution in [0.25, 0.3) is 0 Å². The normalized spacial score (nSPS) is 27.7. The number of hydrogen-bond acceptors (Lipinski definition) is 3. The molecule has 1 aromatic rings. The van der Waals surface area contributed by atoms with E-state index in [9.17, 15) is 0 Å². The van der Waals surface area contributed by atoms with Crippen LogP contribution < -0.4 is 15.4 Å². The highest BCUT2D eigenvalue weighted by Gasteiger charge is 2.38. The average Bonchev–Trinajstić information content (AvgIpc) is 2.78. The van der Waals surface area contributed by atoms with Gasteiger partial charge >= 0.3 is 0 Å². The lowest BCUT2D eigenvalue weighted by Crippen LogP contribution is -2.36. The van der Waals surface area contributed by atoms with Gasteiger partial charge in [0.25, 0.3) is 0 Å². The first-order valence-corrected chi connectivity index (χ1v) is 5.49. The maximum atomic E-state index is 6.10. The Kier molecular flexibility index (Phi) is 1.89. The highest BCUT2D eigenvalue weighted by atomic mass is 16.5. The van der Waals surface area contributed by atoms with Crippen LogP contribution in [0.1, 0.15) is 12.0 Å². The van der Waals surface area contributed by atoms with Crippen molar-refractivity contribution in [3.63, 3.8) is 0 Å². The van der Waals surface area contributed by atoms with Crippen molar-refractivity contribution in [3.05, 3.63) is 23.8 Å². The molecular formula is C12H16N2O. The predicted octanol–water partition coefficient (Wildman–Crippen LogP) is 1.16. The Morgan fingerprint density at radius 2 is 2.33 bits per heavy atom. The van der Waals surface area contributed by atoms with Crippen molar-refractivity contribution >= 4 is 5.69 Å². The molecule has 0 bridgehead atoms. The van der Waals surface area contributed by atoms with E-state index in [1.165, 1.54) is 11.3 Å². The molecule has 3 rings (SSSR count). The van der Waals surface area contributed by atoms with Gasteiger partial charge in [0.2, 0.25) is 0 Å². The minimum atomic E-state index is 0.336. The number of methoxy groups -OCH3 is 1. The molecule has 2 atom stereocenters. The van der Waals surface area contributed by atoms with Crippen LogP contribution in [0.2, 0.25) is 0 Å². The second kappa shape index (κ2) is 3.14. The van der Waals surface area contributed by atoms with Gasteiger partial charge in [0, 0.05) is 24.3 Å². The first kappa shape index (κ1) is 9.04. The molecule has 80 valence electrons. The highest BCUT2D eigenvalue weighted by molar-refractivity contribution is 5.63. The van der Waals surface area contributed by atoms with E-state index >= 15 is 0 Å². The summed E-state index contributed by atoms with van der Waals surface area (Å²) >= 11 is 0. The first-order chi connectivity index (χ1) is 7.29. The fourth-order valence-electron chi connectivity index (χ4n) is 2.80. The van der Waals surface area contributed by atoms with E-state index in [0.717, 1.165) is 25.1 Å². The quantitative estimate of drug-likeness (QED) is 0.746. The van der Waals surface area contributed by atoms with Gasteiger partial charge in [0.1, 0.15) is 5.75 Å². The maximum absolute atomic E-state index is 6.10. The Hall–Kier alpha value is -1.22. The average molecular weight is 204 g/mol. The summed E-state index contributed by atoms with van der Waals surface area (Å²) < 4.78 is 5.24. The summed E-state index contributed by atoms with van der Waals surface area (Å²) in [7, 11) is 1.71. The van der Waals surface area contributed by atoms with E-state index in [-0.39, 0.29) is 0 Å². The maximum Gasteiger partial charge on any atom is 0.119 e. The zero-order valence-electron chi connectivity index (χ0n) is 8.94. The molecule has 0 radical (unpaired) electrons. The molecule has 2 N–H and O–H groups in total. The van der Waals surface area contributed by atoms with Crippen molar-refractivity contribution < 1.29 is 4.74 Å². The van der Waals surface area contributed by atoms with Crippen LogP contribution in [0.3, 0.4) is 0 Å². The molecule has 15 heavy (non-hydrogen) atoms. The Morgan fingerprint density at radius 1 is 1.47 bits per heavy atom. The highest BCUT2D eigenvalue weighted by Crippen LogP contribution is 2.38. The van der Waals surface area contributed by atoms with Gasteiger partial charge in [-0.3, -0.25) is 0 Å². The SMILES string of the molecule is COc1ccc2c(c1)CC1C(N)CCN21. The lowest BCUT2D eigenvalue weighted by atomic mass is 10.0. The van der Waals surface area contributed by atoms with E-state index in [1.54, 1.807) is 7.11 Å². The fourth-order valence-corrected chi connectivity index (χ4v) is 2.80. The summed E-state index contributed by atoms with van der Waals surface area (Å²) in [6, 6.07) is 7.19. The van der Waals surface area contributed by atoms with Gasteiger partial charge in [-0.15, -0.1) is 0 Å². The second-order valence-electron chi connectivity index (χ2n) is 4.41. The number of hydrogen-bond donors (Lipinski definition) is 1. The molecule has 1 saturated heterocycles. The minimum Gasteiger partial charge on any atom is -0.497 e. The van der Waals surface area contributed by atoms with Crippen LogP contribution in [0.5, 0.6) is 5.75 Å². The molecular weight excluding hydrogens is 188 g/mol. The molecule has 0 saturated carbocycles. The lowest BCUT2D eigenvalue weighted by molar-refractivity contribution is 0.414. The fraction of sp³-hybridized carbons (Fsp3) is 0.500. The molecule has 0 aliphatic carbocycles. The second-order valence-corrected chi connectivity index (χ2v) is 4.41. The number of fused-ring (bicyclic) bond motifs is 3. The van der Waals surface area contributed by atoms with E-state index in [2.05, 4.69) is 17.0 Å². The monoisotopic (exact) mass is 204 g/mol. The van der Waals surface area contributed by atoms with Gasteiger partial charge in [-0.2, -0.15) is 0 Å². The third kappa shape index (κ3) is 1.23. The first-order valence-electron chi connectivity index (χ1n) is 5.49. The molecule has 0 amide bonds. The van der Waals surface area contributed by atoms with Crippen LogP contribution in [-0.2, 0) is 6.42 Å². The van der Waals surface area contributed by atoms with Gasteiger partial charge < -0.3 is 15.4 Å². The van der Waals surface area contributed by atoms with Crippen LogP contribution in [0.15, 0.2) is 18.2 Å². The molecule has 2 aliphatic rings. The minimum absolute atomic E-state index is 0.336. The largest absolute Gasteiger partial charge is 0.497 e. The zero-order valence-corrected chi connectivity index (χ0v) is 8.94. The number of anilines is 1. The number of nitrogens with two attached hydrogens (primary N) is 1. The molecule has 0 spiro atoms. The van der Waals surface area contributed by atoms with Crippen molar-refractivity contribution in [2.24, 2.45) is 5.73 Å². The smallest absolute Gasteiger partial charge is 0.119 e. The standard InChI is InChI=1S/C12H16N2O/c1-15-9-2-3-11-8(6-9)7-12-10(13)4-5-14(11)12/h2-3,6,10,12H,4-5,7,13H2,1H3. The molecule has 2 unspecified atom stereocenters. The van der Waals surface area contributed by atoms with Crippen LogP contribution >= 0.6 is 0 Å². The number of ether oxygens (including phenoxy) is 1. The Bertz CT molecular complexity index is 391. The van der Waals surface area contributed by atoms with E-state index < -0.39 is 0 Å². The zero-order chi connectivity index (χ0) is 10.4. The van der Waals surface area contributed by atoms with Gasteiger partial charge in [0.15, 0.2) is 0 Å². The molecule has 1 fully saturated rings. The molecule has 2 aliphatic heterocycles. The lowest BCUT2D eigenvalue weighted by Gasteiger charge is -2.20. The third-order valence-corrected chi connectivity index (χ3v) is 3.62. The molecule has 2 heterocycles. The third-order valence-electron chi connectivity index (χ3n) is 3.62. The number of rotatable bonds is 1. The van der Waals surface area contributed by atoms with Gasteiger partial charge in [0.05, 0.1) is 7.11 Å². The summed E-state index contributed by atoms with van der Waals surface area (Å²) in [5, 5.41) is 0. The van der Waals surface area contributed by atoms with Crippen molar-refractivity contribution in [1.82, 2.24) is 0 Å². The van der Waals surface area contributed by atoms with E-state index in [4.69, 9.17) is 10.5 Å². The van der Waals surface area contributed by atoms with E-state index in [1.807, 2.05) is 6.07 Å². The summed E-state index contributed by atoms with van der Waals surface area (Å²) in [5.74, 6) is 0.948. The number of benzene rings is 1. The summed E-state index contributed by atoms with van der Waals surface area (Å²) in [5.41, 5.74) is 8.84. The molecule has 0 aromatic heterocycles. The van der Waals surface area contributed by atoms with Crippen LogP contribution in [0.4, 0.5) is 5.69 Å². The summed E-state index contributed by atoms with van der Waals surface area (Å²) in [6.45, 7) is 1.10. The Labute approximate surface area is 89.8 Å². The van der Waals surface area contributed by atoms with Gasteiger partial charge in [-0.1, -0.05) is 0 Å². The molecule has 1 aromatic carbocycles. The number of nitrogens with zero attached hydrogens (tertiary/aromatic N) is 1. The van der Waals surface area contributed by atoms with Crippen LogP contribution in [-0.4, -0.2) is 25.7 Å². The van der Waals surface area contributed by atoms with Crippen molar-refractivity contribution in [2.45, 2.75) is 24.9 Å². The van der Waals surface area contributed by atoms with Crippen LogP contribution in [0, 0.1) is 0 Å². The summed E-state index contributed by atoms with van der Waals surface area (Å²) in [6.07, 6.45) is 2.20. The van der Waals surface area contributed by atoms with E-state index in [0.29, 0.717) is 12.1 Å². The molecule has 3 heteroatoms. The molecule has 3 nitrogen and oxygen atoms in total. The summed E-state index contributed by atoms with van der Waals surface area (Å²) in [4.78, 5) is 2.44. The van der Waals surface area contributed by atoms with Gasteiger partial charge in [-0.05, 0) is 36.6 Å². The van der Waals surface area contributed by atoms with Crippen molar-refractivity contribution in [1.29, 1.82) is 0 Å².